The minimum Gasteiger partial charge on any atom is -0.478 e. The number of anilines is 1. The zero-order valence-corrected chi connectivity index (χ0v) is 11.7. The highest BCUT2D eigenvalue weighted by Gasteiger charge is 2.26. The van der Waals surface area contributed by atoms with E-state index in [1.54, 1.807) is 0 Å². The molecular weight excluding hydrogens is 259 g/mol. The third kappa shape index (κ3) is 3.93. The summed E-state index contributed by atoms with van der Waals surface area (Å²) in [4.78, 5) is 4.34. The Bertz CT molecular complexity index is 335. The molecule has 0 aliphatic heterocycles. The lowest BCUT2D eigenvalue weighted by Crippen LogP contribution is -2.42. The molecular formula is C12H18Cl2N2O. The number of nitrogens with zero attached hydrogens (tertiary/aromatic N) is 1. The molecule has 1 aromatic heterocycles. The molecule has 96 valence electrons. The summed E-state index contributed by atoms with van der Waals surface area (Å²) < 4.78 is 5.34. The van der Waals surface area contributed by atoms with Gasteiger partial charge >= 0.3 is 0 Å². The van der Waals surface area contributed by atoms with E-state index in [0.29, 0.717) is 24.2 Å². The van der Waals surface area contributed by atoms with Gasteiger partial charge in [-0.05, 0) is 19.4 Å². The Morgan fingerprint density at radius 3 is 2.53 bits per heavy atom. The maximum Gasteiger partial charge on any atom is 0.215 e. The molecule has 17 heavy (non-hydrogen) atoms. The van der Waals surface area contributed by atoms with Gasteiger partial charge in [-0.15, -0.1) is 23.2 Å². The zero-order valence-electron chi connectivity index (χ0n) is 10.2. The molecule has 5 heteroatoms. The Balaban J connectivity index is 2.82. The second-order valence-corrected chi connectivity index (χ2v) is 4.35. The van der Waals surface area contributed by atoms with Gasteiger partial charge in [0, 0.05) is 17.8 Å². The number of rotatable bonds is 7. The highest BCUT2D eigenvalue weighted by molar-refractivity contribution is 6.22. The number of hydrogen-bond acceptors (Lipinski definition) is 3. The van der Waals surface area contributed by atoms with Crippen molar-refractivity contribution >= 4 is 29.0 Å². The SMILES string of the molecule is CCOc1cccc(NC(CC)(CCl)CCl)n1. The van der Waals surface area contributed by atoms with Crippen molar-refractivity contribution in [3.63, 3.8) is 0 Å². The smallest absolute Gasteiger partial charge is 0.215 e. The van der Waals surface area contributed by atoms with Crippen LogP contribution in [0.4, 0.5) is 5.82 Å². The summed E-state index contributed by atoms with van der Waals surface area (Å²) in [5.41, 5.74) is -0.319. The molecule has 1 aromatic rings. The highest BCUT2D eigenvalue weighted by atomic mass is 35.5. The molecule has 0 unspecified atom stereocenters. The van der Waals surface area contributed by atoms with Crippen LogP contribution in [0, 0.1) is 0 Å². The summed E-state index contributed by atoms with van der Waals surface area (Å²) in [6, 6.07) is 5.60. The third-order valence-corrected chi connectivity index (χ3v) is 3.62. The fourth-order valence-corrected chi connectivity index (χ4v) is 2.16. The summed E-state index contributed by atoms with van der Waals surface area (Å²) in [5, 5.41) is 3.29. The summed E-state index contributed by atoms with van der Waals surface area (Å²) >= 11 is 11.9. The molecule has 0 aliphatic rings. The molecule has 0 aromatic carbocycles. The molecule has 0 amide bonds. The van der Waals surface area contributed by atoms with Crippen LogP contribution in [0.25, 0.3) is 0 Å². The van der Waals surface area contributed by atoms with Crippen molar-refractivity contribution in [2.75, 3.05) is 23.7 Å². The number of alkyl halides is 2. The zero-order chi connectivity index (χ0) is 12.7. The number of nitrogens with one attached hydrogen (secondary N) is 1. The fraction of sp³-hybridized carbons (Fsp3) is 0.583. The first-order chi connectivity index (χ1) is 8.19. The predicted octanol–water partition coefficient (Wildman–Crippen LogP) is 3.52. The van der Waals surface area contributed by atoms with E-state index in [4.69, 9.17) is 27.9 Å². The average molecular weight is 277 g/mol. The lowest BCUT2D eigenvalue weighted by molar-refractivity contribution is 0.327. The van der Waals surface area contributed by atoms with Gasteiger partial charge in [0.2, 0.25) is 5.88 Å². The molecule has 0 fully saturated rings. The van der Waals surface area contributed by atoms with Crippen LogP contribution in [0.1, 0.15) is 20.3 Å². The molecule has 3 nitrogen and oxygen atoms in total. The minimum absolute atomic E-state index is 0.319. The maximum atomic E-state index is 5.97. The Kier molecular flexibility index (Phi) is 5.86. The van der Waals surface area contributed by atoms with E-state index in [-0.39, 0.29) is 5.54 Å². The van der Waals surface area contributed by atoms with Gasteiger partial charge in [0.1, 0.15) is 5.82 Å². The molecule has 0 radical (unpaired) electrons. The molecule has 0 aliphatic carbocycles. The first kappa shape index (κ1) is 14.4. The molecule has 0 saturated heterocycles. The largest absolute Gasteiger partial charge is 0.478 e. The molecule has 0 atom stereocenters. The monoisotopic (exact) mass is 276 g/mol. The number of aromatic nitrogens is 1. The van der Waals surface area contributed by atoms with Gasteiger partial charge in [-0.25, -0.2) is 0 Å². The van der Waals surface area contributed by atoms with Crippen LogP contribution in [-0.2, 0) is 0 Å². The van der Waals surface area contributed by atoms with Gasteiger partial charge in [-0.3, -0.25) is 0 Å². The quantitative estimate of drug-likeness (QED) is 0.774. The molecule has 1 heterocycles. The van der Waals surface area contributed by atoms with Crippen LogP contribution in [-0.4, -0.2) is 28.9 Å². The second-order valence-electron chi connectivity index (χ2n) is 3.82. The first-order valence-electron chi connectivity index (χ1n) is 5.69. The van der Waals surface area contributed by atoms with Gasteiger partial charge in [0.05, 0.1) is 12.1 Å². The number of pyridine rings is 1. The van der Waals surface area contributed by atoms with Crippen molar-refractivity contribution in [1.29, 1.82) is 0 Å². The molecule has 1 rings (SSSR count). The average Bonchev–Trinajstić information content (AvgIpc) is 2.37. The van der Waals surface area contributed by atoms with Gasteiger partial charge in [0.15, 0.2) is 0 Å². The third-order valence-electron chi connectivity index (χ3n) is 2.60. The van der Waals surface area contributed by atoms with E-state index in [1.165, 1.54) is 0 Å². The van der Waals surface area contributed by atoms with Crippen molar-refractivity contribution in [2.24, 2.45) is 0 Å². The van der Waals surface area contributed by atoms with Crippen LogP contribution < -0.4 is 10.1 Å². The van der Waals surface area contributed by atoms with E-state index < -0.39 is 0 Å². The summed E-state index contributed by atoms with van der Waals surface area (Å²) in [6.07, 6.45) is 0.834. The topological polar surface area (TPSA) is 34.1 Å². The van der Waals surface area contributed by atoms with Gasteiger partial charge in [0.25, 0.3) is 0 Å². The molecule has 0 spiro atoms. The molecule has 0 bridgehead atoms. The van der Waals surface area contributed by atoms with Crippen LogP contribution in [0.3, 0.4) is 0 Å². The van der Waals surface area contributed by atoms with Gasteiger partial charge < -0.3 is 10.1 Å². The van der Waals surface area contributed by atoms with Crippen LogP contribution >= 0.6 is 23.2 Å². The Morgan fingerprint density at radius 1 is 1.29 bits per heavy atom. The van der Waals surface area contributed by atoms with E-state index in [9.17, 15) is 0 Å². The standard InChI is InChI=1S/C12H18Cl2N2O/c1-3-12(8-13,9-14)16-10-6-5-7-11(15-10)17-4-2/h5-7H,3-4,8-9H2,1-2H3,(H,15,16). The fourth-order valence-electron chi connectivity index (χ4n) is 1.36. The van der Waals surface area contributed by atoms with E-state index in [0.717, 1.165) is 12.2 Å². The van der Waals surface area contributed by atoms with Crippen LogP contribution in [0.15, 0.2) is 18.2 Å². The minimum atomic E-state index is -0.319. The van der Waals surface area contributed by atoms with Crippen molar-refractivity contribution in [2.45, 2.75) is 25.8 Å². The predicted molar refractivity (Wildman–Crippen MR) is 73.5 cm³/mol. The summed E-state index contributed by atoms with van der Waals surface area (Å²) in [5.74, 6) is 2.21. The molecule has 0 saturated carbocycles. The van der Waals surface area contributed by atoms with Gasteiger partial charge in [-0.2, -0.15) is 4.98 Å². The number of halogens is 2. The van der Waals surface area contributed by atoms with Gasteiger partial charge in [-0.1, -0.05) is 13.0 Å². The Morgan fingerprint density at radius 2 is 2.00 bits per heavy atom. The first-order valence-corrected chi connectivity index (χ1v) is 6.76. The van der Waals surface area contributed by atoms with E-state index in [2.05, 4.69) is 10.3 Å². The van der Waals surface area contributed by atoms with Crippen molar-refractivity contribution in [3.8, 4) is 5.88 Å². The number of ether oxygens (including phenoxy) is 1. The summed E-state index contributed by atoms with van der Waals surface area (Å²) in [7, 11) is 0. The van der Waals surface area contributed by atoms with Crippen molar-refractivity contribution in [3.05, 3.63) is 18.2 Å². The van der Waals surface area contributed by atoms with Crippen LogP contribution in [0.5, 0.6) is 5.88 Å². The highest BCUT2D eigenvalue weighted by Crippen LogP contribution is 2.22. The Labute approximate surface area is 112 Å². The maximum absolute atomic E-state index is 5.97. The van der Waals surface area contributed by atoms with Crippen molar-refractivity contribution < 1.29 is 4.74 Å². The lowest BCUT2D eigenvalue weighted by atomic mass is 10.0. The van der Waals surface area contributed by atoms with E-state index >= 15 is 0 Å². The van der Waals surface area contributed by atoms with E-state index in [1.807, 2.05) is 32.0 Å². The Hall–Kier alpha value is -0.670. The lowest BCUT2D eigenvalue weighted by Gasteiger charge is -2.30. The van der Waals surface area contributed by atoms with Crippen LogP contribution in [0.2, 0.25) is 0 Å². The van der Waals surface area contributed by atoms with Crippen molar-refractivity contribution in [1.82, 2.24) is 4.98 Å². The number of hydrogen-bond donors (Lipinski definition) is 1. The summed E-state index contributed by atoms with van der Waals surface area (Å²) in [6.45, 7) is 4.57. The normalized spacial score (nSPS) is 11.3. The molecule has 1 N–H and O–H groups in total. The second kappa shape index (κ2) is 6.92.